The van der Waals surface area contributed by atoms with Gasteiger partial charge in [0.15, 0.2) is 5.75 Å². The van der Waals surface area contributed by atoms with Gasteiger partial charge < -0.3 is 10.1 Å². The lowest BCUT2D eigenvalue weighted by molar-refractivity contribution is 0.331. The van der Waals surface area contributed by atoms with Gasteiger partial charge in [0.1, 0.15) is 11.4 Å². The average molecular weight is 464 g/mol. The molecule has 1 saturated heterocycles. The van der Waals surface area contributed by atoms with Crippen molar-refractivity contribution in [1.82, 2.24) is 18.8 Å². The first-order valence-electron chi connectivity index (χ1n) is 9.73. The molecule has 2 aromatic heterocycles. The summed E-state index contributed by atoms with van der Waals surface area (Å²) in [7, 11) is -1.56. The number of hydrogen-bond acceptors (Lipinski definition) is 7. The van der Waals surface area contributed by atoms with Crippen molar-refractivity contribution < 1.29 is 13.2 Å². The molecule has 3 heterocycles. The smallest absolute Gasteiger partial charge is 0.294 e. The normalized spacial score (nSPS) is 15.8. The van der Waals surface area contributed by atoms with Crippen LogP contribution in [0.5, 0.6) is 11.5 Å². The van der Waals surface area contributed by atoms with Gasteiger partial charge in [-0.2, -0.15) is 4.98 Å². The number of sulfonamides is 1. The second kappa shape index (κ2) is 8.45. The summed E-state index contributed by atoms with van der Waals surface area (Å²) in [5.74, 6) is 0.904. The molecule has 0 bridgehead atoms. The molecule has 1 N–H and O–H groups in total. The predicted molar refractivity (Wildman–Crippen MR) is 119 cm³/mol. The number of rotatable bonds is 5. The summed E-state index contributed by atoms with van der Waals surface area (Å²) < 4.78 is 31.9. The van der Waals surface area contributed by atoms with Gasteiger partial charge in [-0.05, 0) is 31.0 Å². The quantitative estimate of drug-likeness (QED) is 0.619. The van der Waals surface area contributed by atoms with Gasteiger partial charge in [-0.25, -0.2) is 17.7 Å². The van der Waals surface area contributed by atoms with Gasteiger partial charge in [0.25, 0.3) is 5.56 Å². The van der Waals surface area contributed by atoms with E-state index in [4.69, 9.17) is 16.3 Å². The van der Waals surface area contributed by atoms with Gasteiger partial charge in [0.05, 0.1) is 11.3 Å². The maximum Gasteiger partial charge on any atom is 0.294 e. The molecular weight excluding hydrogens is 442 g/mol. The molecule has 9 nitrogen and oxygen atoms in total. The van der Waals surface area contributed by atoms with Crippen LogP contribution < -0.4 is 15.6 Å². The van der Waals surface area contributed by atoms with Crippen LogP contribution in [0.1, 0.15) is 12.8 Å². The van der Waals surface area contributed by atoms with Crippen molar-refractivity contribution in [3.05, 3.63) is 51.9 Å². The molecular formula is C20H22ClN5O4S. The number of ether oxygens (including phenoxy) is 1. The van der Waals surface area contributed by atoms with Gasteiger partial charge in [0.2, 0.25) is 16.0 Å². The third-order valence-corrected chi connectivity index (χ3v) is 6.84. The van der Waals surface area contributed by atoms with Crippen molar-refractivity contribution in [3.63, 3.8) is 0 Å². The lowest BCUT2D eigenvalue weighted by atomic mass is 10.1. The van der Waals surface area contributed by atoms with Crippen LogP contribution in [0.2, 0.25) is 5.02 Å². The molecule has 164 valence electrons. The van der Waals surface area contributed by atoms with E-state index >= 15 is 0 Å². The van der Waals surface area contributed by atoms with Crippen molar-refractivity contribution in [1.29, 1.82) is 0 Å². The molecule has 3 aromatic rings. The minimum atomic E-state index is -3.17. The monoisotopic (exact) mass is 463 g/mol. The second-order valence-electron chi connectivity index (χ2n) is 7.46. The van der Waals surface area contributed by atoms with E-state index in [1.54, 1.807) is 43.6 Å². The van der Waals surface area contributed by atoms with Crippen LogP contribution in [-0.4, -0.2) is 52.6 Å². The summed E-state index contributed by atoms with van der Waals surface area (Å²) in [5, 5.41) is 4.29. The van der Waals surface area contributed by atoms with Crippen LogP contribution in [0.15, 0.2) is 41.3 Å². The lowest BCUT2D eigenvalue weighted by Gasteiger charge is -2.30. The Labute approximate surface area is 184 Å². The zero-order valence-electron chi connectivity index (χ0n) is 17.1. The van der Waals surface area contributed by atoms with Gasteiger partial charge in [0, 0.05) is 37.8 Å². The molecule has 0 atom stereocenters. The number of pyridine rings is 1. The largest absolute Gasteiger partial charge is 0.450 e. The first-order chi connectivity index (χ1) is 14.7. The number of piperidine rings is 1. The Hall–Kier alpha value is -2.69. The van der Waals surface area contributed by atoms with Gasteiger partial charge in [-0.3, -0.25) is 9.36 Å². The highest BCUT2D eigenvalue weighted by atomic mass is 35.5. The fraction of sp³-hybridized carbons (Fsp3) is 0.350. The molecule has 11 heteroatoms. The molecule has 1 aliphatic rings. The molecule has 0 unspecified atom stereocenters. The summed E-state index contributed by atoms with van der Waals surface area (Å²) in [6.45, 7) is 0.899. The van der Waals surface area contributed by atoms with Crippen LogP contribution in [0.25, 0.3) is 11.0 Å². The van der Waals surface area contributed by atoms with Crippen LogP contribution in [0, 0.1) is 0 Å². The summed E-state index contributed by atoms with van der Waals surface area (Å²) in [4.78, 5) is 21.6. The number of halogens is 1. The predicted octanol–water partition coefficient (Wildman–Crippen LogP) is 2.61. The maximum atomic E-state index is 12.8. The molecule has 0 aliphatic carbocycles. The number of aromatic nitrogens is 3. The van der Waals surface area contributed by atoms with E-state index in [-0.39, 0.29) is 17.4 Å². The standard InChI is InChI=1S/C20H22ClN5O4S/c1-25-18-13(11-17(19(25)27)30-16-6-4-3-5-15(16)21)12-22-20(24-18)23-14-7-9-26(10-8-14)31(2,28)29/h3-6,11-12,14H,7-10H2,1-2H3,(H,22,23,24). The first kappa shape index (κ1) is 21.5. The highest BCUT2D eigenvalue weighted by molar-refractivity contribution is 7.88. The Bertz CT molecular complexity index is 1290. The van der Waals surface area contributed by atoms with Crippen molar-refractivity contribution in [2.24, 2.45) is 7.05 Å². The Morgan fingerprint density at radius 2 is 1.90 bits per heavy atom. The fourth-order valence-corrected chi connectivity index (χ4v) is 4.57. The molecule has 1 fully saturated rings. The Kier molecular flexibility index (Phi) is 5.87. The number of anilines is 1. The topological polar surface area (TPSA) is 106 Å². The molecule has 0 saturated carbocycles. The highest BCUT2D eigenvalue weighted by Gasteiger charge is 2.25. The zero-order chi connectivity index (χ0) is 22.2. The minimum absolute atomic E-state index is 0.0512. The first-order valence-corrected chi connectivity index (χ1v) is 12.0. The lowest BCUT2D eigenvalue weighted by Crippen LogP contribution is -2.42. The van der Waals surface area contributed by atoms with Crippen molar-refractivity contribution in [2.75, 3.05) is 24.7 Å². The van der Waals surface area contributed by atoms with Crippen LogP contribution in [-0.2, 0) is 17.1 Å². The fourth-order valence-electron chi connectivity index (χ4n) is 3.52. The summed E-state index contributed by atoms with van der Waals surface area (Å²) in [6, 6.07) is 8.56. The van der Waals surface area contributed by atoms with E-state index in [0.29, 0.717) is 53.7 Å². The number of fused-ring (bicyclic) bond motifs is 1. The summed E-state index contributed by atoms with van der Waals surface area (Å²) in [5.41, 5.74) is 0.112. The van der Waals surface area contributed by atoms with Gasteiger partial charge in [-0.1, -0.05) is 23.7 Å². The number of para-hydroxylation sites is 1. The number of nitrogens with zero attached hydrogens (tertiary/aromatic N) is 4. The highest BCUT2D eigenvalue weighted by Crippen LogP contribution is 2.28. The van der Waals surface area contributed by atoms with E-state index in [1.165, 1.54) is 15.1 Å². The molecule has 0 radical (unpaired) electrons. The molecule has 0 amide bonds. The third kappa shape index (κ3) is 4.65. The maximum absolute atomic E-state index is 12.8. The Morgan fingerprint density at radius 1 is 1.19 bits per heavy atom. The molecule has 1 aromatic carbocycles. The summed E-state index contributed by atoms with van der Waals surface area (Å²) in [6.07, 6.45) is 4.14. The van der Waals surface area contributed by atoms with Gasteiger partial charge in [-0.15, -0.1) is 0 Å². The van der Waals surface area contributed by atoms with Gasteiger partial charge >= 0.3 is 0 Å². The Balaban J connectivity index is 1.55. The molecule has 4 rings (SSSR count). The number of benzene rings is 1. The number of nitrogens with one attached hydrogen (secondary N) is 1. The van der Waals surface area contributed by atoms with Crippen LogP contribution >= 0.6 is 11.6 Å². The number of hydrogen-bond donors (Lipinski definition) is 1. The van der Waals surface area contributed by atoms with E-state index in [2.05, 4.69) is 15.3 Å². The van der Waals surface area contributed by atoms with Crippen molar-refractivity contribution in [3.8, 4) is 11.5 Å². The van der Waals surface area contributed by atoms with E-state index in [0.717, 1.165) is 0 Å². The third-order valence-electron chi connectivity index (χ3n) is 5.23. The molecule has 31 heavy (non-hydrogen) atoms. The summed E-state index contributed by atoms with van der Waals surface area (Å²) >= 11 is 6.13. The van der Waals surface area contributed by atoms with E-state index in [1.807, 2.05) is 0 Å². The van der Waals surface area contributed by atoms with Crippen LogP contribution in [0.3, 0.4) is 0 Å². The number of aryl methyl sites for hydroxylation is 1. The minimum Gasteiger partial charge on any atom is -0.450 e. The SMILES string of the molecule is Cn1c(=O)c(Oc2ccccc2Cl)cc2cnc(NC3CCN(S(C)(=O)=O)CC3)nc21. The Morgan fingerprint density at radius 3 is 2.58 bits per heavy atom. The zero-order valence-corrected chi connectivity index (χ0v) is 18.7. The van der Waals surface area contributed by atoms with Crippen LogP contribution in [0.4, 0.5) is 5.95 Å². The second-order valence-corrected chi connectivity index (χ2v) is 9.85. The van der Waals surface area contributed by atoms with E-state index in [9.17, 15) is 13.2 Å². The van der Waals surface area contributed by atoms with Crippen molar-refractivity contribution in [2.45, 2.75) is 18.9 Å². The van der Waals surface area contributed by atoms with E-state index < -0.39 is 10.0 Å². The average Bonchev–Trinajstić information content (AvgIpc) is 2.73. The molecule has 0 spiro atoms. The van der Waals surface area contributed by atoms with Crippen molar-refractivity contribution >= 4 is 38.6 Å². The molecule has 1 aliphatic heterocycles.